The molecule has 2 rings (SSSR count). The van der Waals surface area contributed by atoms with Crippen molar-refractivity contribution in [2.24, 2.45) is 0 Å². The Labute approximate surface area is 80.8 Å². The van der Waals surface area contributed by atoms with E-state index in [1.165, 1.54) is 12.1 Å². The zero-order chi connectivity index (χ0) is 9.97. The van der Waals surface area contributed by atoms with Gasteiger partial charge in [0.1, 0.15) is 5.82 Å². The Morgan fingerprint density at radius 2 is 2.00 bits per heavy atom. The zero-order valence-corrected chi connectivity index (χ0v) is 7.50. The van der Waals surface area contributed by atoms with Crippen molar-refractivity contribution in [3.63, 3.8) is 0 Å². The van der Waals surface area contributed by atoms with Gasteiger partial charge in [-0.25, -0.2) is 9.37 Å². The molecule has 2 aromatic rings. The second-order valence-corrected chi connectivity index (χ2v) is 3.10. The number of nitrogens with zero attached hydrogens (tertiary/aromatic N) is 1. The molecule has 0 amide bonds. The fourth-order valence-electron chi connectivity index (χ4n) is 1.29. The Morgan fingerprint density at radius 1 is 1.29 bits per heavy atom. The fourth-order valence-corrected chi connectivity index (χ4v) is 1.29. The summed E-state index contributed by atoms with van der Waals surface area (Å²) in [5.74, 6) is 0.181. The van der Waals surface area contributed by atoms with E-state index in [1.54, 1.807) is 18.3 Å². The summed E-state index contributed by atoms with van der Waals surface area (Å²) in [6, 6.07) is 6.36. The topological polar surface area (TPSA) is 54.7 Å². The standard InChI is InChI=1S/C10H10FN3/c11-8-3-1-7(2-4-8)5-9-6-13-10(12)14-9/h1-4,6H,5H2,(H3,12,13,14). The van der Waals surface area contributed by atoms with Crippen molar-refractivity contribution in [1.29, 1.82) is 0 Å². The van der Waals surface area contributed by atoms with Crippen molar-refractivity contribution < 1.29 is 4.39 Å². The average Bonchev–Trinajstić information content (AvgIpc) is 2.56. The number of aromatic nitrogens is 2. The monoisotopic (exact) mass is 191 g/mol. The molecule has 0 saturated carbocycles. The molecule has 0 aliphatic rings. The van der Waals surface area contributed by atoms with Crippen LogP contribution in [0.2, 0.25) is 0 Å². The third-order valence-corrected chi connectivity index (χ3v) is 1.96. The normalized spacial score (nSPS) is 10.4. The van der Waals surface area contributed by atoms with Gasteiger partial charge >= 0.3 is 0 Å². The Morgan fingerprint density at radius 3 is 2.57 bits per heavy atom. The van der Waals surface area contributed by atoms with Gasteiger partial charge in [0, 0.05) is 12.1 Å². The van der Waals surface area contributed by atoms with Gasteiger partial charge in [0.15, 0.2) is 5.95 Å². The van der Waals surface area contributed by atoms with Gasteiger partial charge in [-0.1, -0.05) is 12.1 Å². The molecule has 0 radical (unpaired) electrons. The number of hydrogen-bond donors (Lipinski definition) is 2. The number of halogens is 1. The van der Waals surface area contributed by atoms with Gasteiger partial charge in [0.2, 0.25) is 0 Å². The van der Waals surface area contributed by atoms with Crippen molar-refractivity contribution in [2.75, 3.05) is 5.73 Å². The van der Waals surface area contributed by atoms with Crippen LogP contribution in [0.4, 0.5) is 10.3 Å². The molecule has 3 nitrogen and oxygen atoms in total. The second-order valence-electron chi connectivity index (χ2n) is 3.10. The molecule has 0 fully saturated rings. The molecule has 4 heteroatoms. The lowest BCUT2D eigenvalue weighted by Gasteiger charge is -1.97. The van der Waals surface area contributed by atoms with Crippen molar-refractivity contribution in [2.45, 2.75) is 6.42 Å². The summed E-state index contributed by atoms with van der Waals surface area (Å²) in [5, 5.41) is 0. The molecule has 1 aromatic heterocycles. The number of benzene rings is 1. The molecule has 3 N–H and O–H groups in total. The summed E-state index contributed by atoms with van der Waals surface area (Å²) >= 11 is 0. The lowest BCUT2D eigenvalue weighted by atomic mass is 10.1. The summed E-state index contributed by atoms with van der Waals surface area (Å²) in [4.78, 5) is 6.79. The summed E-state index contributed by atoms with van der Waals surface area (Å²) in [7, 11) is 0. The van der Waals surface area contributed by atoms with Crippen molar-refractivity contribution in [1.82, 2.24) is 9.97 Å². The van der Waals surface area contributed by atoms with Gasteiger partial charge in [-0.3, -0.25) is 0 Å². The summed E-state index contributed by atoms with van der Waals surface area (Å²) in [6.07, 6.45) is 2.36. The third kappa shape index (κ3) is 1.90. The molecule has 0 atom stereocenters. The molecule has 72 valence electrons. The number of nitrogen functional groups attached to an aromatic ring is 1. The molecule has 1 heterocycles. The minimum atomic E-state index is -0.224. The van der Waals surface area contributed by atoms with Gasteiger partial charge < -0.3 is 10.7 Å². The quantitative estimate of drug-likeness (QED) is 0.759. The number of aromatic amines is 1. The number of nitrogens with one attached hydrogen (secondary N) is 1. The zero-order valence-electron chi connectivity index (χ0n) is 7.50. The Bertz CT molecular complexity index is 419. The fraction of sp³-hybridized carbons (Fsp3) is 0.100. The Balaban J connectivity index is 2.15. The highest BCUT2D eigenvalue weighted by molar-refractivity contribution is 5.25. The third-order valence-electron chi connectivity index (χ3n) is 1.96. The largest absolute Gasteiger partial charge is 0.369 e. The van der Waals surface area contributed by atoms with Gasteiger partial charge in [-0.05, 0) is 17.7 Å². The van der Waals surface area contributed by atoms with Crippen molar-refractivity contribution in [3.8, 4) is 0 Å². The molecule has 0 saturated heterocycles. The van der Waals surface area contributed by atoms with E-state index in [0.29, 0.717) is 12.4 Å². The Kier molecular flexibility index (Phi) is 2.18. The van der Waals surface area contributed by atoms with Gasteiger partial charge in [0.05, 0.1) is 6.20 Å². The van der Waals surface area contributed by atoms with Crippen LogP contribution in [-0.4, -0.2) is 9.97 Å². The maximum atomic E-state index is 12.6. The van der Waals surface area contributed by atoms with Crippen LogP contribution in [0.25, 0.3) is 0 Å². The highest BCUT2D eigenvalue weighted by Gasteiger charge is 1.99. The highest BCUT2D eigenvalue weighted by Crippen LogP contribution is 2.09. The molecule has 1 aromatic carbocycles. The maximum Gasteiger partial charge on any atom is 0.197 e. The highest BCUT2D eigenvalue weighted by atomic mass is 19.1. The van der Waals surface area contributed by atoms with Crippen LogP contribution in [0.1, 0.15) is 11.3 Å². The van der Waals surface area contributed by atoms with E-state index in [4.69, 9.17) is 5.73 Å². The SMILES string of the molecule is Nc1ncc(Cc2ccc(F)cc2)[nH]1. The van der Waals surface area contributed by atoms with E-state index in [2.05, 4.69) is 9.97 Å². The van der Waals surface area contributed by atoms with Crippen LogP contribution >= 0.6 is 0 Å². The first-order valence-electron chi connectivity index (χ1n) is 4.28. The summed E-state index contributed by atoms with van der Waals surface area (Å²) < 4.78 is 12.6. The molecular formula is C10H10FN3. The van der Waals surface area contributed by atoms with Gasteiger partial charge in [0.25, 0.3) is 0 Å². The molecule has 14 heavy (non-hydrogen) atoms. The smallest absolute Gasteiger partial charge is 0.197 e. The number of anilines is 1. The average molecular weight is 191 g/mol. The van der Waals surface area contributed by atoms with Crippen LogP contribution in [0.15, 0.2) is 30.5 Å². The van der Waals surface area contributed by atoms with Crippen molar-refractivity contribution in [3.05, 3.63) is 47.5 Å². The van der Waals surface area contributed by atoms with E-state index >= 15 is 0 Å². The number of hydrogen-bond acceptors (Lipinski definition) is 2. The summed E-state index contributed by atoms with van der Waals surface area (Å²) in [6.45, 7) is 0. The molecule has 0 aliphatic carbocycles. The summed E-state index contributed by atoms with van der Waals surface area (Å²) in [5.41, 5.74) is 7.38. The minimum absolute atomic E-state index is 0.224. The molecule has 0 bridgehead atoms. The number of imidazole rings is 1. The Hall–Kier alpha value is -1.84. The van der Waals surface area contributed by atoms with E-state index in [9.17, 15) is 4.39 Å². The predicted octanol–water partition coefficient (Wildman–Crippen LogP) is 1.72. The van der Waals surface area contributed by atoms with Gasteiger partial charge in [-0.2, -0.15) is 0 Å². The first-order chi connectivity index (χ1) is 6.74. The van der Waals surface area contributed by atoms with E-state index in [0.717, 1.165) is 11.3 Å². The van der Waals surface area contributed by atoms with E-state index < -0.39 is 0 Å². The maximum absolute atomic E-state index is 12.6. The van der Waals surface area contributed by atoms with Crippen LogP contribution in [0.5, 0.6) is 0 Å². The molecule has 0 spiro atoms. The lowest BCUT2D eigenvalue weighted by molar-refractivity contribution is 0.627. The van der Waals surface area contributed by atoms with E-state index in [-0.39, 0.29) is 5.82 Å². The van der Waals surface area contributed by atoms with Crippen LogP contribution < -0.4 is 5.73 Å². The second kappa shape index (κ2) is 3.49. The minimum Gasteiger partial charge on any atom is -0.369 e. The first-order valence-corrected chi connectivity index (χ1v) is 4.28. The molecule has 0 unspecified atom stereocenters. The van der Waals surface area contributed by atoms with E-state index in [1.807, 2.05) is 0 Å². The molecule has 0 aliphatic heterocycles. The number of nitrogens with two attached hydrogens (primary N) is 1. The first kappa shape index (κ1) is 8.74. The molecular weight excluding hydrogens is 181 g/mol. The van der Waals surface area contributed by atoms with Gasteiger partial charge in [-0.15, -0.1) is 0 Å². The van der Waals surface area contributed by atoms with Crippen molar-refractivity contribution >= 4 is 5.95 Å². The number of rotatable bonds is 2. The lowest BCUT2D eigenvalue weighted by Crippen LogP contribution is -1.90. The number of H-pyrrole nitrogens is 1. The van der Waals surface area contributed by atoms with Crippen LogP contribution in [0, 0.1) is 5.82 Å². The van der Waals surface area contributed by atoms with Crippen LogP contribution in [0.3, 0.4) is 0 Å². The predicted molar refractivity (Wildman–Crippen MR) is 52.2 cm³/mol. The van der Waals surface area contributed by atoms with Crippen LogP contribution in [-0.2, 0) is 6.42 Å².